The van der Waals surface area contributed by atoms with Crippen LogP contribution in [-0.2, 0) is 6.42 Å². The Morgan fingerprint density at radius 2 is 1.88 bits per heavy atom. The number of carbonyl (C=O) groups is 1. The molecule has 1 saturated carbocycles. The lowest BCUT2D eigenvalue weighted by Gasteiger charge is -2.31. The van der Waals surface area contributed by atoms with Crippen LogP contribution in [0.25, 0.3) is 5.78 Å². The van der Waals surface area contributed by atoms with Gasteiger partial charge in [0, 0.05) is 36.8 Å². The van der Waals surface area contributed by atoms with E-state index in [2.05, 4.69) is 20.2 Å². The van der Waals surface area contributed by atoms with E-state index in [-0.39, 0.29) is 11.7 Å². The van der Waals surface area contributed by atoms with Crippen molar-refractivity contribution in [3.63, 3.8) is 0 Å². The van der Waals surface area contributed by atoms with Crippen molar-refractivity contribution in [2.75, 3.05) is 13.1 Å². The summed E-state index contributed by atoms with van der Waals surface area (Å²) < 4.78 is 7.24. The number of piperidine rings is 1. The highest BCUT2D eigenvalue weighted by Gasteiger charge is 2.29. The van der Waals surface area contributed by atoms with Gasteiger partial charge in [0.15, 0.2) is 5.82 Å². The van der Waals surface area contributed by atoms with Gasteiger partial charge in [0.25, 0.3) is 11.7 Å². The zero-order chi connectivity index (χ0) is 22.1. The Bertz CT molecular complexity index is 1100. The summed E-state index contributed by atoms with van der Waals surface area (Å²) in [7, 11) is 0. The van der Waals surface area contributed by atoms with Crippen LogP contribution in [0.5, 0.6) is 0 Å². The van der Waals surface area contributed by atoms with E-state index >= 15 is 0 Å². The summed E-state index contributed by atoms with van der Waals surface area (Å²) in [4.78, 5) is 28.5. The van der Waals surface area contributed by atoms with E-state index in [1.54, 1.807) is 4.52 Å². The minimum absolute atomic E-state index is 0.137. The highest BCUT2D eigenvalue weighted by molar-refractivity contribution is 5.91. The van der Waals surface area contributed by atoms with Gasteiger partial charge in [0.1, 0.15) is 0 Å². The molecule has 1 unspecified atom stereocenters. The molecule has 1 aliphatic heterocycles. The molecule has 3 aromatic heterocycles. The van der Waals surface area contributed by atoms with Crippen molar-refractivity contribution in [2.24, 2.45) is 5.92 Å². The Balaban J connectivity index is 1.25. The zero-order valence-corrected chi connectivity index (χ0v) is 19.0. The van der Waals surface area contributed by atoms with E-state index in [0.29, 0.717) is 43.0 Å². The molecule has 1 aliphatic carbocycles. The molecular formula is C23H31N7O2. The van der Waals surface area contributed by atoms with Gasteiger partial charge in [-0.2, -0.15) is 9.97 Å². The highest BCUT2D eigenvalue weighted by Crippen LogP contribution is 2.30. The molecule has 0 spiro atoms. The Kier molecular flexibility index (Phi) is 5.89. The molecule has 0 radical (unpaired) electrons. The van der Waals surface area contributed by atoms with Crippen molar-refractivity contribution in [1.29, 1.82) is 0 Å². The Morgan fingerprint density at radius 3 is 2.69 bits per heavy atom. The number of carbonyl (C=O) groups excluding carboxylic acids is 1. The summed E-state index contributed by atoms with van der Waals surface area (Å²) in [6.07, 6.45) is 10.1. The van der Waals surface area contributed by atoms with Crippen molar-refractivity contribution in [3.8, 4) is 0 Å². The number of fused-ring (bicyclic) bond motifs is 1. The third kappa shape index (κ3) is 4.38. The lowest BCUT2D eigenvalue weighted by Crippen LogP contribution is -2.41. The zero-order valence-electron chi connectivity index (χ0n) is 19.0. The summed E-state index contributed by atoms with van der Waals surface area (Å²) in [5, 5.41) is 8.70. The average Bonchev–Trinajstić information content (AvgIpc) is 3.33. The van der Waals surface area contributed by atoms with Gasteiger partial charge in [-0.05, 0) is 51.5 Å². The van der Waals surface area contributed by atoms with Crippen molar-refractivity contribution >= 4 is 11.7 Å². The normalized spacial score (nSPS) is 20.6. The molecule has 170 valence electrons. The molecule has 2 aliphatic rings. The van der Waals surface area contributed by atoms with Crippen molar-refractivity contribution in [1.82, 2.24) is 34.6 Å². The largest absolute Gasteiger partial charge is 0.339 e. The van der Waals surface area contributed by atoms with Gasteiger partial charge in [-0.25, -0.2) is 9.50 Å². The number of aryl methyl sites for hydroxylation is 2. The van der Waals surface area contributed by atoms with E-state index in [4.69, 9.17) is 9.51 Å². The lowest BCUT2D eigenvalue weighted by atomic mass is 9.94. The van der Waals surface area contributed by atoms with Gasteiger partial charge in [-0.15, -0.1) is 5.10 Å². The van der Waals surface area contributed by atoms with Crippen LogP contribution >= 0.6 is 0 Å². The standard InChI is InChI=1S/C23H31N7O2/c1-15-12-16(2)30-23(24-15)26-21(27-30)22(31)29-11-7-8-17(14-29)13-19-25-20(28-32-19)18-9-5-3-4-6-10-18/h12,17-18H,3-11,13-14H2,1-2H3. The average molecular weight is 438 g/mol. The van der Waals surface area contributed by atoms with Crippen molar-refractivity contribution < 1.29 is 9.32 Å². The van der Waals surface area contributed by atoms with Gasteiger partial charge in [0.05, 0.1) is 0 Å². The minimum Gasteiger partial charge on any atom is -0.339 e. The fraction of sp³-hybridized carbons (Fsp3) is 0.652. The van der Waals surface area contributed by atoms with Crippen LogP contribution in [0, 0.1) is 19.8 Å². The maximum Gasteiger partial charge on any atom is 0.293 e. The van der Waals surface area contributed by atoms with Crippen LogP contribution in [0.15, 0.2) is 10.6 Å². The van der Waals surface area contributed by atoms with E-state index in [0.717, 1.165) is 42.9 Å². The molecule has 0 aromatic carbocycles. The summed E-state index contributed by atoms with van der Waals surface area (Å²) in [6.45, 7) is 5.22. The van der Waals surface area contributed by atoms with E-state index in [1.807, 2.05) is 24.8 Å². The molecule has 3 aromatic rings. The predicted molar refractivity (Wildman–Crippen MR) is 117 cm³/mol. The van der Waals surface area contributed by atoms with Crippen molar-refractivity contribution in [3.05, 3.63) is 35.0 Å². The number of nitrogens with zero attached hydrogens (tertiary/aromatic N) is 7. The maximum absolute atomic E-state index is 13.1. The summed E-state index contributed by atoms with van der Waals surface area (Å²) in [5.41, 5.74) is 1.78. The summed E-state index contributed by atoms with van der Waals surface area (Å²) in [5.74, 6) is 2.84. The molecule has 9 nitrogen and oxygen atoms in total. The summed E-state index contributed by atoms with van der Waals surface area (Å²) in [6, 6.07) is 1.93. The number of amides is 1. The topological polar surface area (TPSA) is 102 Å². The second-order valence-corrected chi connectivity index (χ2v) is 9.38. The first-order valence-electron chi connectivity index (χ1n) is 11.9. The first-order valence-corrected chi connectivity index (χ1v) is 11.9. The second kappa shape index (κ2) is 8.96. The van der Waals surface area contributed by atoms with E-state index < -0.39 is 0 Å². The molecule has 5 rings (SSSR count). The number of likely N-dealkylation sites (tertiary alicyclic amines) is 1. The lowest BCUT2D eigenvalue weighted by molar-refractivity contribution is 0.0656. The van der Waals surface area contributed by atoms with Crippen LogP contribution in [0.4, 0.5) is 0 Å². The maximum atomic E-state index is 13.1. The molecule has 1 amide bonds. The monoisotopic (exact) mass is 437 g/mol. The first-order chi connectivity index (χ1) is 15.6. The Labute approximate surface area is 187 Å². The van der Waals surface area contributed by atoms with Crippen molar-refractivity contribution in [2.45, 2.75) is 77.6 Å². The molecule has 9 heteroatoms. The SMILES string of the molecule is Cc1cc(C)n2nc(C(=O)N3CCCC(Cc4nc(C5CCCCCC5)no4)C3)nc2n1. The highest BCUT2D eigenvalue weighted by atomic mass is 16.5. The van der Waals surface area contributed by atoms with E-state index in [1.165, 1.54) is 25.7 Å². The molecular weight excluding hydrogens is 406 g/mol. The van der Waals surface area contributed by atoms with Gasteiger partial charge in [0.2, 0.25) is 11.7 Å². The van der Waals surface area contributed by atoms with Gasteiger partial charge in [-0.3, -0.25) is 4.79 Å². The van der Waals surface area contributed by atoms with Gasteiger partial charge < -0.3 is 9.42 Å². The summed E-state index contributed by atoms with van der Waals surface area (Å²) >= 11 is 0. The molecule has 2 fully saturated rings. The van der Waals surface area contributed by atoms with Crippen LogP contribution < -0.4 is 0 Å². The predicted octanol–water partition coefficient (Wildman–Crippen LogP) is 3.66. The number of aromatic nitrogens is 6. The van der Waals surface area contributed by atoms with Crippen LogP contribution in [0.3, 0.4) is 0 Å². The van der Waals surface area contributed by atoms with Crippen LogP contribution in [0.2, 0.25) is 0 Å². The van der Waals surface area contributed by atoms with Gasteiger partial charge >= 0.3 is 0 Å². The number of hydrogen-bond donors (Lipinski definition) is 0. The molecule has 32 heavy (non-hydrogen) atoms. The quantitative estimate of drug-likeness (QED) is 0.574. The van der Waals surface area contributed by atoms with Crippen LogP contribution in [-0.4, -0.2) is 53.6 Å². The fourth-order valence-electron chi connectivity index (χ4n) is 5.12. The third-order valence-electron chi connectivity index (χ3n) is 6.78. The van der Waals surface area contributed by atoms with Gasteiger partial charge in [-0.1, -0.05) is 30.8 Å². The molecule has 0 N–H and O–H groups in total. The Morgan fingerprint density at radius 1 is 1.06 bits per heavy atom. The minimum atomic E-state index is -0.137. The second-order valence-electron chi connectivity index (χ2n) is 9.38. The fourth-order valence-corrected chi connectivity index (χ4v) is 5.12. The smallest absolute Gasteiger partial charge is 0.293 e. The number of hydrogen-bond acceptors (Lipinski definition) is 7. The molecule has 1 saturated heterocycles. The Hall–Kier alpha value is -2.84. The molecule has 0 bridgehead atoms. The first kappa shape index (κ1) is 21.0. The van der Waals surface area contributed by atoms with Crippen LogP contribution in [0.1, 0.15) is 91.0 Å². The third-order valence-corrected chi connectivity index (χ3v) is 6.78. The number of rotatable bonds is 4. The van der Waals surface area contributed by atoms with E-state index in [9.17, 15) is 4.79 Å². The molecule has 1 atom stereocenters. The molecule has 4 heterocycles.